The number of hydrogen-bond donors (Lipinski definition) is 1. The highest BCUT2D eigenvalue weighted by Gasteiger charge is 2.17. The molecular formula is C17H20F2N2. The minimum atomic E-state index is -0.552. The zero-order chi connectivity index (χ0) is 15.2. The van der Waals surface area contributed by atoms with Crippen molar-refractivity contribution in [2.24, 2.45) is 0 Å². The van der Waals surface area contributed by atoms with E-state index >= 15 is 0 Å². The van der Waals surface area contributed by atoms with E-state index in [4.69, 9.17) is 0 Å². The fourth-order valence-corrected chi connectivity index (χ4v) is 2.48. The van der Waals surface area contributed by atoms with Gasteiger partial charge in [-0.25, -0.2) is 8.78 Å². The summed E-state index contributed by atoms with van der Waals surface area (Å²) in [5.41, 5.74) is 2.58. The van der Waals surface area contributed by atoms with Gasteiger partial charge in [0.1, 0.15) is 11.6 Å². The molecule has 0 radical (unpaired) electrons. The van der Waals surface area contributed by atoms with E-state index in [0.29, 0.717) is 12.0 Å². The van der Waals surface area contributed by atoms with E-state index in [0.717, 1.165) is 30.3 Å². The van der Waals surface area contributed by atoms with Gasteiger partial charge in [-0.1, -0.05) is 26.0 Å². The summed E-state index contributed by atoms with van der Waals surface area (Å²) < 4.78 is 26.9. The SMILES string of the molecule is CCNC(Cc1ccc(F)cc1F)c1ncccc1CC. The number of halogens is 2. The minimum Gasteiger partial charge on any atom is -0.309 e. The monoisotopic (exact) mass is 290 g/mol. The Morgan fingerprint density at radius 3 is 2.62 bits per heavy atom. The fourth-order valence-electron chi connectivity index (χ4n) is 2.48. The molecule has 0 spiro atoms. The van der Waals surface area contributed by atoms with Crippen LogP contribution >= 0.6 is 0 Å². The Balaban J connectivity index is 2.30. The van der Waals surface area contributed by atoms with Crippen LogP contribution in [-0.2, 0) is 12.8 Å². The van der Waals surface area contributed by atoms with Crippen LogP contribution in [0.25, 0.3) is 0 Å². The molecule has 2 rings (SSSR count). The molecule has 1 atom stereocenters. The lowest BCUT2D eigenvalue weighted by molar-refractivity contribution is 0.509. The van der Waals surface area contributed by atoms with Crippen molar-refractivity contribution < 1.29 is 8.78 Å². The summed E-state index contributed by atoms with van der Waals surface area (Å²) >= 11 is 0. The molecule has 1 heterocycles. The number of aromatic nitrogens is 1. The van der Waals surface area contributed by atoms with Gasteiger partial charge in [0.05, 0.1) is 11.7 Å². The summed E-state index contributed by atoms with van der Waals surface area (Å²) in [6.07, 6.45) is 3.07. The second kappa shape index (κ2) is 7.27. The molecule has 4 heteroatoms. The Morgan fingerprint density at radius 2 is 1.95 bits per heavy atom. The van der Waals surface area contributed by atoms with Gasteiger partial charge in [-0.2, -0.15) is 0 Å². The Kier molecular flexibility index (Phi) is 5.39. The number of rotatable bonds is 6. The molecule has 0 aliphatic heterocycles. The van der Waals surface area contributed by atoms with Gasteiger partial charge < -0.3 is 5.32 Å². The zero-order valence-corrected chi connectivity index (χ0v) is 12.4. The Labute approximate surface area is 124 Å². The first kappa shape index (κ1) is 15.6. The lowest BCUT2D eigenvalue weighted by atomic mass is 9.98. The zero-order valence-electron chi connectivity index (χ0n) is 12.4. The first-order chi connectivity index (χ1) is 10.2. The summed E-state index contributed by atoms with van der Waals surface area (Å²) in [7, 11) is 0. The average Bonchev–Trinajstić information content (AvgIpc) is 2.49. The van der Waals surface area contributed by atoms with E-state index < -0.39 is 11.6 Å². The predicted molar refractivity (Wildman–Crippen MR) is 80.1 cm³/mol. The molecule has 0 aliphatic rings. The van der Waals surface area contributed by atoms with Gasteiger partial charge in [0.2, 0.25) is 0 Å². The highest BCUT2D eigenvalue weighted by molar-refractivity contribution is 5.27. The molecule has 1 unspecified atom stereocenters. The molecule has 112 valence electrons. The molecule has 0 saturated heterocycles. The molecule has 1 aromatic carbocycles. The summed E-state index contributed by atoms with van der Waals surface area (Å²) in [5, 5.41) is 3.34. The minimum absolute atomic E-state index is 0.0777. The van der Waals surface area contributed by atoms with E-state index in [1.54, 1.807) is 6.20 Å². The molecule has 2 nitrogen and oxygen atoms in total. The molecule has 21 heavy (non-hydrogen) atoms. The number of benzene rings is 1. The second-order valence-corrected chi connectivity index (χ2v) is 4.95. The maximum Gasteiger partial charge on any atom is 0.129 e. The van der Waals surface area contributed by atoms with Crippen molar-refractivity contribution in [1.29, 1.82) is 0 Å². The van der Waals surface area contributed by atoms with Gasteiger partial charge >= 0.3 is 0 Å². The van der Waals surface area contributed by atoms with Crippen LogP contribution in [0, 0.1) is 11.6 Å². The van der Waals surface area contributed by atoms with Crippen LogP contribution < -0.4 is 5.32 Å². The Bertz CT molecular complexity index is 599. The second-order valence-electron chi connectivity index (χ2n) is 4.95. The third-order valence-corrected chi connectivity index (χ3v) is 3.53. The van der Waals surface area contributed by atoms with Crippen LogP contribution in [0.15, 0.2) is 36.5 Å². The lowest BCUT2D eigenvalue weighted by Gasteiger charge is -2.20. The fraction of sp³-hybridized carbons (Fsp3) is 0.353. The molecule has 1 aromatic heterocycles. The summed E-state index contributed by atoms with van der Waals surface area (Å²) in [6.45, 7) is 4.83. The molecular weight excluding hydrogens is 270 g/mol. The molecule has 0 aliphatic carbocycles. The molecule has 1 N–H and O–H groups in total. The van der Waals surface area contributed by atoms with Crippen LogP contribution in [-0.4, -0.2) is 11.5 Å². The van der Waals surface area contributed by atoms with Crippen LogP contribution in [0.3, 0.4) is 0 Å². The van der Waals surface area contributed by atoms with Crippen molar-refractivity contribution in [2.45, 2.75) is 32.7 Å². The largest absolute Gasteiger partial charge is 0.309 e. The normalized spacial score (nSPS) is 12.4. The Morgan fingerprint density at radius 1 is 1.14 bits per heavy atom. The van der Waals surface area contributed by atoms with Crippen molar-refractivity contribution in [3.05, 3.63) is 65.0 Å². The first-order valence-corrected chi connectivity index (χ1v) is 7.26. The van der Waals surface area contributed by atoms with Gasteiger partial charge in [0.15, 0.2) is 0 Å². The number of hydrogen-bond acceptors (Lipinski definition) is 2. The van der Waals surface area contributed by atoms with Gasteiger partial charge in [-0.05, 0) is 42.6 Å². The van der Waals surface area contributed by atoms with Gasteiger partial charge in [-0.15, -0.1) is 0 Å². The van der Waals surface area contributed by atoms with E-state index in [9.17, 15) is 8.78 Å². The number of pyridine rings is 1. The number of likely N-dealkylation sites (N-methyl/N-ethyl adjacent to an activating group) is 1. The van der Waals surface area contributed by atoms with Crippen LogP contribution in [0.4, 0.5) is 8.78 Å². The van der Waals surface area contributed by atoms with E-state index in [1.807, 2.05) is 19.1 Å². The van der Waals surface area contributed by atoms with Crippen LogP contribution in [0.1, 0.15) is 36.7 Å². The molecule has 0 fully saturated rings. The van der Waals surface area contributed by atoms with Crippen molar-refractivity contribution >= 4 is 0 Å². The van der Waals surface area contributed by atoms with E-state index in [2.05, 4.69) is 17.2 Å². The summed E-state index contributed by atoms with van der Waals surface area (Å²) in [4.78, 5) is 4.45. The Hall–Kier alpha value is -1.81. The van der Waals surface area contributed by atoms with E-state index in [1.165, 1.54) is 12.1 Å². The maximum atomic E-state index is 13.9. The predicted octanol–water partition coefficient (Wildman–Crippen LogP) is 3.82. The van der Waals surface area contributed by atoms with Crippen molar-refractivity contribution in [3.63, 3.8) is 0 Å². The quantitative estimate of drug-likeness (QED) is 0.875. The number of nitrogens with zero attached hydrogens (tertiary/aromatic N) is 1. The smallest absolute Gasteiger partial charge is 0.129 e. The van der Waals surface area contributed by atoms with Gasteiger partial charge in [0.25, 0.3) is 0 Å². The molecule has 0 amide bonds. The highest BCUT2D eigenvalue weighted by atomic mass is 19.1. The summed E-state index contributed by atoms with van der Waals surface area (Å²) in [6, 6.07) is 7.59. The van der Waals surface area contributed by atoms with Crippen LogP contribution in [0.5, 0.6) is 0 Å². The maximum absolute atomic E-state index is 13.9. The van der Waals surface area contributed by atoms with Gasteiger partial charge in [0, 0.05) is 12.3 Å². The first-order valence-electron chi connectivity index (χ1n) is 7.26. The van der Waals surface area contributed by atoms with Crippen molar-refractivity contribution in [1.82, 2.24) is 10.3 Å². The van der Waals surface area contributed by atoms with Crippen molar-refractivity contribution in [3.8, 4) is 0 Å². The van der Waals surface area contributed by atoms with Gasteiger partial charge in [-0.3, -0.25) is 4.98 Å². The topological polar surface area (TPSA) is 24.9 Å². The third-order valence-electron chi connectivity index (χ3n) is 3.53. The molecule has 0 saturated carbocycles. The summed E-state index contributed by atoms with van der Waals surface area (Å²) in [5.74, 6) is -1.06. The highest BCUT2D eigenvalue weighted by Crippen LogP contribution is 2.22. The number of nitrogens with one attached hydrogen (secondary N) is 1. The molecule has 0 bridgehead atoms. The third kappa shape index (κ3) is 3.85. The number of aryl methyl sites for hydroxylation is 1. The lowest BCUT2D eigenvalue weighted by Crippen LogP contribution is -2.25. The average molecular weight is 290 g/mol. The van der Waals surface area contributed by atoms with Crippen molar-refractivity contribution in [2.75, 3.05) is 6.54 Å². The van der Waals surface area contributed by atoms with E-state index in [-0.39, 0.29) is 6.04 Å². The molecule has 2 aromatic rings. The van der Waals surface area contributed by atoms with Crippen LogP contribution in [0.2, 0.25) is 0 Å². The standard InChI is InChI=1S/C17H20F2N2/c1-3-12-6-5-9-21-17(12)16(20-4-2)10-13-7-8-14(18)11-15(13)19/h5-9,11,16,20H,3-4,10H2,1-2H3.